The highest BCUT2D eigenvalue weighted by atomic mass is 32.1. The molecule has 3 heterocycles. The van der Waals surface area contributed by atoms with Crippen LogP contribution in [0, 0.1) is 11.8 Å². The van der Waals surface area contributed by atoms with Crippen molar-refractivity contribution in [2.24, 2.45) is 15.4 Å². The molecular formula is C33H32N4O2S2. The predicted molar refractivity (Wildman–Crippen MR) is 173 cm³/mol. The van der Waals surface area contributed by atoms with Crippen molar-refractivity contribution in [3.8, 4) is 28.7 Å². The highest BCUT2D eigenvalue weighted by molar-refractivity contribution is 7.59. The van der Waals surface area contributed by atoms with Crippen LogP contribution < -0.4 is 9.64 Å². The quantitative estimate of drug-likeness (QED) is 0.199. The number of rotatable bonds is 8. The van der Waals surface area contributed by atoms with Gasteiger partial charge in [-0.15, -0.1) is 22.4 Å². The van der Waals surface area contributed by atoms with Gasteiger partial charge in [-0.3, -0.25) is 4.79 Å². The van der Waals surface area contributed by atoms with Crippen molar-refractivity contribution in [3.05, 3.63) is 82.7 Å². The Bertz CT molecular complexity index is 1700. The number of hydrogen-bond donors (Lipinski definition) is 0. The van der Waals surface area contributed by atoms with Crippen LogP contribution in [0.1, 0.15) is 49.3 Å². The molecule has 6 nitrogen and oxygen atoms in total. The van der Waals surface area contributed by atoms with Crippen molar-refractivity contribution >= 4 is 52.2 Å². The van der Waals surface area contributed by atoms with E-state index in [0.29, 0.717) is 19.6 Å². The SMILES string of the molecule is CC#C[C@@H](CC1=NN=NC1)c1ccc(OCc2ccc3scc(-c4cccc5c4CCN5C(=O)CC)c3c2)cc1.S. The Balaban J connectivity index is 0.00000337. The average molecular weight is 581 g/mol. The predicted octanol–water partition coefficient (Wildman–Crippen LogP) is 7.88. The zero-order valence-corrected chi connectivity index (χ0v) is 25.0. The Morgan fingerprint density at radius 3 is 2.73 bits per heavy atom. The highest BCUT2D eigenvalue weighted by Gasteiger charge is 2.26. The molecule has 0 spiro atoms. The van der Waals surface area contributed by atoms with E-state index in [9.17, 15) is 4.79 Å². The van der Waals surface area contributed by atoms with Crippen molar-refractivity contribution in [1.29, 1.82) is 0 Å². The van der Waals surface area contributed by atoms with E-state index in [4.69, 9.17) is 4.74 Å². The first-order chi connectivity index (χ1) is 19.6. The molecule has 2 aliphatic heterocycles. The Morgan fingerprint density at radius 2 is 1.98 bits per heavy atom. The summed E-state index contributed by atoms with van der Waals surface area (Å²) >= 11 is 1.76. The first-order valence-corrected chi connectivity index (χ1v) is 14.5. The third-order valence-electron chi connectivity index (χ3n) is 7.51. The number of hydrogen-bond acceptors (Lipinski definition) is 6. The molecule has 2 aliphatic rings. The maximum absolute atomic E-state index is 12.5. The summed E-state index contributed by atoms with van der Waals surface area (Å²) in [5, 5.41) is 15.3. The molecule has 8 heteroatoms. The van der Waals surface area contributed by atoms with Gasteiger partial charge in [-0.1, -0.05) is 43.2 Å². The molecule has 0 unspecified atom stereocenters. The van der Waals surface area contributed by atoms with E-state index in [1.807, 2.05) is 30.9 Å². The molecule has 0 aliphatic carbocycles. The summed E-state index contributed by atoms with van der Waals surface area (Å²) in [4.78, 5) is 14.4. The summed E-state index contributed by atoms with van der Waals surface area (Å²) in [5.74, 6) is 7.40. The smallest absolute Gasteiger partial charge is 0.226 e. The van der Waals surface area contributed by atoms with E-state index in [1.54, 1.807) is 11.3 Å². The molecule has 1 atom stereocenters. The topological polar surface area (TPSA) is 66.6 Å². The Labute approximate surface area is 251 Å². The van der Waals surface area contributed by atoms with E-state index < -0.39 is 0 Å². The number of amides is 1. The first kappa shape index (κ1) is 28.6. The van der Waals surface area contributed by atoms with Crippen molar-refractivity contribution in [1.82, 2.24) is 0 Å². The molecule has 208 valence electrons. The van der Waals surface area contributed by atoms with Crippen LogP contribution in [0.15, 0.2) is 81.5 Å². The fourth-order valence-corrected chi connectivity index (χ4v) is 6.42. The van der Waals surface area contributed by atoms with Crippen molar-refractivity contribution in [2.75, 3.05) is 18.0 Å². The van der Waals surface area contributed by atoms with Crippen molar-refractivity contribution < 1.29 is 9.53 Å². The molecule has 0 N–H and O–H groups in total. The first-order valence-electron chi connectivity index (χ1n) is 13.6. The van der Waals surface area contributed by atoms with Crippen LogP contribution in [0.3, 0.4) is 0 Å². The monoisotopic (exact) mass is 580 g/mol. The molecule has 1 aromatic heterocycles. The van der Waals surface area contributed by atoms with E-state index in [0.717, 1.165) is 47.7 Å². The van der Waals surface area contributed by atoms with Gasteiger partial charge in [0.05, 0.1) is 11.6 Å². The third kappa shape index (κ3) is 5.92. The van der Waals surface area contributed by atoms with E-state index in [-0.39, 0.29) is 25.3 Å². The lowest BCUT2D eigenvalue weighted by molar-refractivity contribution is -0.118. The summed E-state index contributed by atoms with van der Waals surface area (Å²) in [6, 6.07) is 21.1. The molecule has 0 fully saturated rings. The van der Waals surface area contributed by atoms with E-state index in [1.165, 1.54) is 26.8 Å². The number of ether oxygens (including phenoxy) is 1. The second kappa shape index (κ2) is 12.7. The number of fused-ring (bicyclic) bond motifs is 2. The Morgan fingerprint density at radius 1 is 1.12 bits per heavy atom. The lowest BCUT2D eigenvalue weighted by Gasteiger charge is -2.17. The molecule has 3 aromatic carbocycles. The third-order valence-corrected chi connectivity index (χ3v) is 8.47. The molecule has 1 amide bonds. The standard InChI is InChI=1S/C33H30N4O2S.H2S/c1-3-6-24(18-25-19-34-36-35-25)23-10-12-26(13-11-23)39-20-22-9-14-32-29(17-22)30(21-40-32)27-7-5-8-31-28(27)15-16-37(31)33(38)4-2;/h5,7-14,17,21,24H,4,15-16,18-20H2,1-2H3;1H2/t24-;/m0./s1. The van der Waals surface area contributed by atoms with E-state index in [2.05, 4.69) is 81.2 Å². The number of thiophene rings is 1. The molecule has 41 heavy (non-hydrogen) atoms. The molecule has 0 saturated heterocycles. The van der Waals surface area contributed by atoms with Crippen molar-refractivity contribution in [3.63, 3.8) is 0 Å². The summed E-state index contributed by atoms with van der Waals surface area (Å²) < 4.78 is 7.43. The summed E-state index contributed by atoms with van der Waals surface area (Å²) in [6.45, 7) is 5.58. The van der Waals surface area contributed by atoms with Gasteiger partial charge in [0.25, 0.3) is 0 Å². The minimum absolute atomic E-state index is 0. The van der Waals surface area contributed by atoms with Crippen LogP contribution in [-0.2, 0) is 17.8 Å². The van der Waals surface area contributed by atoms with Crippen LogP contribution in [0.2, 0.25) is 0 Å². The molecule has 0 radical (unpaired) electrons. The summed E-state index contributed by atoms with van der Waals surface area (Å²) in [6.07, 6.45) is 2.14. The number of carbonyl (C=O) groups excluding carboxylic acids is 1. The minimum atomic E-state index is 0. The van der Waals surface area contributed by atoms with Gasteiger partial charge in [-0.2, -0.15) is 18.6 Å². The molecule has 6 rings (SSSR count). The normalized spacial score (nSPS) is 14.2. The molecule has 0 bridgehead atoms. The lowest BCUT2D eigenvalue weighted by atomic mass is 9.94. The molecular weight excluding hydrogens is 549 g/mol. The van der Waals surface area contributed by atoms with Crippen molar-refractivity contribution in [2.45, 2.75) is 45.6 Å². The van der Waals surface area contributed by atoms with E-state index >= 15 is 0 Å². The molecule has 4 aromatic rings. The second-order valence-corrected chi connectivity index (χ2v) is 10.9. The van der Waals surface area contributed by atoms with Gasteiger partial charge in [-0.25, -0.2) is 0 Å². The van der Waals surface area contributed by atoms with Gasteiger partial charge >= 0.3 is 0 Å². The number of carbonyl (C=O) groups is 1. The summed E-state index contributed by atoms with van der Waals surface area (Å²) in [7, 11) is 0. The number of benzene rings is 3. The van der Waals surface area contributed by atoms with Gasteiger partial charge in [0.1, 0.15) is 18.9 Å². The second-order valence-electron chi connectivity index (χ2n) is 10.00. The van der Waals surface area contributed by atoms with Gasteiger partial charge in [0.2, 0.25) is 5.91 Å². The maximum atomic E-state index is 12.5. The minimum Gasteiger partial charge on any atom is -0.489 e. The van der Waals surface area contributed by atoms with Crippen LogP contribution in [-0.4, -0.2) is 24.7 Å². The van der Waals surface area contributed by atoms with Gasteiger partial charge < -0.3 is 9.64 Å². The average Bonchev–Trinajstić information content (AvgIpc) is 3.75. The Hall–Kier alpha value is -3.93. The number of anilines is 1. The van der Waals surface area contributed by atoms with Crippen LogP contribution in [0.25, 0.3) is 21.2 Å². The van der Waals surface area contributed by atoms with Crippen LogP contribution >= 0.6 is 24.8 Å². The Kier molecular flexibility index (Phi) is 8.87. The van der Waals surface area contributed by atoms with Gasteiger partial charge in [0, 0.05) is 40.7 Å². The van der Waals surface area contributed by atoms with Gasteiger partial charge in [-0.05, 0) is 76.5 Å². The zero-order chi connectivity index (χ0) is 27.5. The van der Waals surface area contributed by atoms with Crippen LogP contribution in [0.5, 0.6) is 5.75 Å². The number of nitrogens with zero attached hydrogens (tertiary/aromatic N) is 4. The fraction of sp³-hybridized carbons (Fsp3) is 0.273. The van der Waals surface area contributed by atoms with Gasteiger partial charge in [0.15, 0.2) is 0 Å². The lowest BCUT2D eigenvalue weighted by Crippen LogP contribution is -2.27. The van der Waals surface area contributed by atoms with Crippen LogP contribution in [0.4, 0.5) is 5.69 Å². The summed E-state index contributed by atoms with van der Waals surface area (Å²) in [5.41, 5.74) is 7.98. The largest absolute Gasteiger partial charge is 0.489 e. The molecule has 0 saturated carbocycles. The highest BCUT2D eigenvalue weighted by Crippen LogP contribution is 2.41. The fourth-order valence-electron chi connectivity index (χ4n) is 5.48. The maximum Gasteiger partial charge on any atom is 0.226 e. The zero-order valence-electron chi connectivity index (χ0n) is 23.2.